The average molecular weight is 400 g/mol. The number of hydrogen-bond donors (Lipinski definition) is 2. The lowest BCUT2D eigenvalue weighted by Crippen LogP contribution is -2.22. The summed E-state index contributed by atoms with van der Waals surface area (Å²) in [7, 11) is 0. The molecule has 2 heterocycles. The smallest absolute Gasteiger partial charge is 0.263 e. The van der Waals surface area contributed by atoms with Gasteiger partial charge >= 0.3 is 0 Å². The molecule has 2 aromatic carbocycles. The molecule has 4 rings (SSSR count). The number of rotatable bonds is 5. The highest BCUT2D eigenvalue weighted by atomic mass is 32.1. The van der Waals surface area contributed by atoms with Crippen molar-refractivity contribution < 1.29 is 4.79 Å². The van der Waals surface area contributed by atoms with E-state index in [9.17, 15) is 4.79 Å². The van der Waals surface area contributed by atoms with Crippen LogP contribution < -0.4 is 11.1 Å². The minimum Gasteiger partial charge on any atom is -0.397 e. The molecule has 0 spiro atoms. The SMILES string of the molecule is C=CCNC(=O)c1sc2nc(-c3ccccc3)cc(-c3ccc(C)cc3)c2c1N. The van der Waals surface area contributed by atoms with E-state index in [1.807, 2.05) is 30.3 Å². The van der Waals surface area contributed by atoms with Gasteiger partial charge in [-0.15, -0.1) is 17.9 Å². The molecule has 0 aliphatic heterocycles. The second kappa shape index (κ2) is 7.89. The van der Waals surface area contributed by atoms with E-state index in [1.54, 1.807) is 6.08 Å². The van der Waals surface area contributed by atoms with E-state index >= 15 is 0 Å². The van der Waals surface area contributed by atoms with Crippen LogP contribution in [-0.2, 0) is 0 Å². The number of nitrogens with zero attached hydrogens (tertiary/aromatic N) is 1. The standard InChI is InChI=1S/C24H21N3OS/c1-3-13-26-23(28)22-21(25)20-18(16-11-9-15(2)10-12-16)14-19(27-24(20)29-22)17-7-5-4-6-8-17/h3-12,14H,1,13,25H2,2H3,(H,26,28). The molecule has 0 unspecified atom stereocenters. The van der Waals surface area contributed by atoms with Crippen molar-refractivity contribution in [1.82, 2.24) is 10.3 Å². The summed E-state index contributed by atoms with van der Waals surface area (Å²) in [5, 5.41) is 3.63. The molecule has 0 fully saturated rings. The Kier molecular flexibility index (Phi) is 5.14. The van der Waals surface area contributed by atoms with Crippen LogP contribution in [0.1, 0.15) is 15.2 Å². The van der Waals surface area contributed by atoms with Gasteiger partial charge in [0.2, 0.25) is 0 Å². The van der Waals surface area contributed by atoms with Crippen LogP contribution in [0.3, 0.4) is 0 Å². The van der Waals surface area contributed by atoms with Crippen molar-refractivity contribution in [2.75, 3.05) is 12.3 Å². The summed E-state index contributed by atoms with van der Waals surface area (Å²) in [6.07, 6.45) is 1.64. The van der Waals surface area contributed by atoms with E-state index in [0.717, 1.165) is 32.6 Å². The Morgan fingerprint density at radius 1 is 1.14 bits per heavy atom. The number of benzene rings is 2. The predicted molar refractivity (Wildman–Crippen MR) is 122 cm³/mol. The molecule has 3 N–H and O–H groups in total. The van der Waals surface area contributed by atoms with E-state index in [4.69, 9.17) is 10.7 Å². The van der Waals surface area contributed by atoms with E-state index in [2.05, 4.69) is 49.2 Å². The zero-order valence-corrected chi connectivity index (χ0v) is 16.9. The van der Waals surface area contributed by atoms with Crippen molar-refractivity contribution in [1.29, 1.82) is 0 Å². The molecule has 5 heteroatoms. The zero-order chi connectivity index (χ0) is 20.4. The number of nitrogens with one attached hydrogen (secondary N) is 1. The summed E-state index contributed by atoms with van der Waals surface area (Å²) >= 11 is 1.32. The van der Waals surface area contributed by atoms with E-state index in [-0.39, 0.29) is 5.91 Å². The van der Waals surface area contributed by atoms with Crippen LogP contribution in [0.15, 0.2) is 73.3 Å². The second-order valence-corrected chi connectivity index (χ2v) is 7.81. The number of carbonyl (C=O) groups excluding carboxylic acids is 1. The van der Waals surface area contributed by atoms with Gasteiger partial charge in [0.15, 0.2) is 0 Å². The maximum absolute atomic E-state index is 12.6. The lowest BCUT2D eigenvalue weighted by atomic mass is 9.99. The van der Waals surface area contributed by atoms with E-state index in [1.165, 1.54) is 16.9 Å². The monoisotopic (exact) mass is 399 g/mol. The normalized spacial score (nSPS) is 10.8. The lowest BCUT2D eigenvalue weighted by molar-refractivity contribution is 0.0963. The van der Waals surface area contributed by atoms with Gasteiger partial charge in [-0.1, -0.05) is 66.2 Å². The minimum atomic E-state index is -0.207. The van der Waals surface area contributed by atoms with Gasteiger partial charge in [0.05, 0.1) is 11.4 Å². The second-order valence-electron chi connectivity index (χ2n) is 6.81. The van der Waals surface area contributed by atoms with Gasteiger partial charge in [0.1, 0.15) is 9.71 Å². The van der Waals surface area contributed by atoms with Gasteiger partial charge in [-0.05, 0) is 24.1 Å². The number of thiophene rings is 1. The fourth-order valence-corrected chi connectivity index (χ4v) is 4.29. The first kappa shape index (κ1) is 18.9. The third-order valence-electron chi connectivity index (χ3n) is 4.74. The topological polar surface area (TPSA) is 68.0 Å². The maximum Gasteiger partial charge on any atom is 0.263 e. The Labute approximate surface area is 173 Å². The Bertz CT molecular complexity index is 1190. The number of aromatic nitrogens is 1. The molecule has 0 saturated heterocycles. The maximum atomic E-state index is 12.6. The summed E-state index contributed by atoms with van der Waals surface area (Å²) in [4.78, 5) is 18.6. The number of nitrogen functional groups attached to an aromatic ring is 1. The highest BCUT2D eigenvalue weighted by Gasteiger charge is 2.21. The molecular formula is C24H21N3OS. The number of carbonyl (C=O) groups is 1. The van der Waals surface area contributed by atoms with Gasteiger partial charge in [-0.3, -0.25) is 4.79 Å². The van der Waals surface area contributed by atoms with Gasteiger partial charge in [-0.2, -0.15) is 0 Å². The van der Waals surface area contributed by atoms with E-state index < -0.39 is 0 Å². The molecule has 4 aromatic rings. The molecule has 144 valence electrons. The Balaban J connectivity index is 1.96. The minimum absolute atomic E-state index is 0.207. The first-order valence-corrected chi connectivity index (χ1v) is 10.1. The lowest BCUT2D eigenvalue weighted by Gasteiger charge is -2.09. The van der Waals surface area contributed by atoms with Crippen molar-refractivity contribution >= 4 is 33.1 Å². The fourth-order valence-electron chi connectivity index (χ4n) is 3.25. The molecule has 2 aromatic heterocycles. The Morgan fingerprint density at radius 3 is 2.55 bits per heavy atom. The number of aryl methyl sites for hydroxylation is 1. The van der Waals surface area contributed by atoms with Crippen LogP contribution in [0, 0.1) is 6.92 Å². The van der Waals surface area contributed by atoms with Crippen LogP contribution >= 0.6 is 11.3 Å². The number of amides is 1. The van der Waals surface area contributed by atoms with Gasteiger partial charge in [-0.25, -0.2) is 4.98 Å². The van der Waals surface area contributed by atoms with Crippen molar-refractivity contribution in [3.8, 4) is 22.4 Å². The van der Waals surface area contributed by atoms with Crippen molar-refractivity contribution in [3.05, 3.63) is 83.8 Å². The highest BCUT2D eigenvalue weighted by molar-refractivity contribution is 7.21. The zero-order valence-electron chi connectivity index (χ0n) is 16.1. The highest BCUT2D eigenvalue weighted by Crippen LogP contribution is 2.41. The third-order valence-corrected chi connectivity index (χ3v) is 5.84. The first-order valence-electron chi connectivity index (χ1n) is 9.33. The summed E-state index contributed by atoms with van der Waals surface area (Å²) in [6.45, 7) is 6.09. The van der Waals surface area contributed by atoms with Crippen LogP contribution in [0.25, 0.3) is 32.6 Å². The van der Waals surface area contributed by atoms with Crippen LogP contribution in [-0.4, -0.2) is 17.4 Å². The molecule has 29 heavy (non-hydrogen) atoms. The van der Waals surface area contributed by atoms with Crippen LogP contribution in [0.2, 0.25) is 0 Å². The summed E-state index contributed by atoms with van der Waals surface area (Å²) in [5.74, 6) is -0.207. The Morgan fingerprint density at radius 2 is 1.86 bits per heavy atom. The number of nitrogens with two attached hydrogens (primary N) is 1. The molecule has 0 aliphatic carbocycles. The Hall–Kier alpha value is -3.44. The molecule has 0 saturated carbocycles. The van der Waals surface area contributed by atoms with Gasteiger partial charge in [0.25, 0.3) is 5.91 Å². The summed E-state index contributed by atoms with van der Waals surface area (Å²) < 4.78 is 0. The summed E-state index contributed by atoms with van der Waals surface area (Å²) in [5.41, 5.74) is 12.0. The molecule has 4 nitrogen and oxygen atoms in total. The van der Waals surface area contributed by atoms with Gasteiger partial charge in [0, 0.05) is 17.5 Å². The molecule has 0 atom stereocenters. The first-order chi connectivity index (χ1) is 14.1. The molecule has 0 bridgehead atoms. The van der Waals surface area contributed by atoms with E-state index in [0.29, 0.717) is 17.1 Å². The largest absolute Gasteiger partial charge is 0.397 e. The van der Waals surface area contributed by atoms with Crippen LogP contribution in [0.5, 0.6) is 0 Å². The molecule has 0 radical (unpaired) electrons. The molecule has 0 aliphatic rings. The predicted octanol–water partition coefficient (Wildman–Crippen LogP) is 5.44. The van der Waals surface area contributed by atoms with Gasteiger partial charge < -0.3 is 11.1 Å². The fraction of sp³-hybridized carbons (Fsp3) is 0.0833. The summed E-state index contributed by atoms with van der Waals surface area (Å²) in [6, 6.07) is 20.4. The number of pyridine rings is 1. The van der Waals surface area contributed by atoms with Crippen LogP contribution in [0.4, 0.5) is 5.69 Å². The van der Waals surface area contributed by atoms with Crippen molar-refractivity contribution in [2.24, 2.45) is 0 Å². The molecule has 1 amide bonds. The number of hydrogen-bond acceptors (Lipinski definition) is 4. The number of fused-ring (bicyclic) bond motifs is 1. The molecular weight excluding hydrogens is 378 g/mol. The number of anilines is 1. The van der Waals surface area contributed by atoms with Crippen molar-refractivity contribution in [3.63, 3.8) is 0 Å². The van der Waals surface area contributed by atoms with Crippen molar-refractivity contribution in [2.45, 2.75) is 6.92 Å². The third kappa shape index (κ3) is 3.65. The average Bonchev–Trinajstić information content (AvgIpc) is 3.09. The quantitative estimate of drug-likeness (QED) is 0.439.